The van der Waals surface area contributed by atoms with E-state index >= 15 is 0 Å². The van der Waals surface area contributed by atoms with Gasteiger partial charge in [-0.3, -0.25) is 10.1 Å². The van der Waals surface area contributed by atoms with E-state index in [0.717, 1.165) is 12.8 Å². The normalized spacial score (nSPS) is 12.0. The second-order valence-corrected chi connectivity index (χ2v) is 5.09. The fourth-order valence-electron chi connectivity index (χ4n) is 2.27. The molecule has 3 N–H and O–H groups in total. The number of urea groups is 1. The highest BCUT2D eigenvalue weighted by Gasteiger charge is 2.17. The maximum atomic E-state index is 11.7. The molecule has 1 atom stereocenters. The molecule has 0 heterocycles. The molecule has 0 fully saturated rings. The molecule has 1 rings (SSSR count). The number of para-hydroxylation sites is 1. The minimum absolute atomic E-state index is 0.0279. The van der Waals surface area contributed by atoms with Crippen molar-refractivity contribution in [1.82, 2.24) is 10.6 Å². The number of nitrogens with zero attached hydrogens (tertiary/aromatic N) is 1. The van der Waals surface area contributed by atoms with Crippen LogP contribution in [0.2, 0.25) is 0 Å². The summed E-state index contributed by atoms with van der Waals surface area (Å²) in [5, 5.41) is 25.9. The fourth-order valence-corrected chi connectivity index (χ4v) is 2.27. The molecular formula is C15H23N3O4. The largest absolute Gasteiger partial charge is 0.391 e. The first-order chi connectivity index (χ1) is 10.5. The number of nitro groups is 1. The Morgan fingerprint density at radius 2 is 1.91 bits per heavy atom. The number of aliphatic hydroxyl groups excluding tert-OH is 1. The first kappa shape index (κ1) is 17.9. The molecule has 22 heavy (non-hydrogen) atoms. The van der Waals surface area contributed by atoms with Crippen molar-refractivity contribution in [1.29, 1.82) is 0 Å². The molecule has 0 aliphatic heterocycles. The second kappa shape index (κ2) is 8.99. The number of aliphatic hydroxyl groups is 1. The number of nitrogens with one attached hydrogen (secondary N) is 2. The van der Waals surface area contributed by atoms with Crippen molar-refractivity contribution in [3.63, 3.8) is 0 Å². The van der Waals surface area contributed by atoms with Gasteiger partial charge in [-0.25, -0.2) is 4.79 Å². The van der Waals surface area contributed by atoms with Crippen LogP contribution >= 0.6 is 0 Å². The highest BCUT2D eigenvalue weighted by atomic mass is 16.6. The smallest absolute Gasteiger partial charge is 0.315 e. The van der Waals surface area contributed by atoms with Gasteiger partial charge in [-0.05, 0) is 5.92 Å². The van der Waals surface area contributed by atoms with Crippen LogP contribution in [-0.2, 0) is 6.54 Å². The van der Waals surface area contributed by atoms with Crippen molar-refractivity contribution in [2.75, 3.05) is 6.54 Å². The Morgan fingerprint density at radius 1 is 1.27 bits per heavy atom. The molecule has 122 valence electrons. The van der Waals surface area contributed by atoms with E-state index in [-0.39, 0.29) is 24.7 Å². The van der Waals surface area contributed by atoms with Crippen LogP contribution in [0.1, 0.15) is 32.3 Å². The Kier molecular flexibility index (Phi) is 7.31. The molecule has 0 saturated carbocycles. The minimum Gasteiger partial charge on any atom is -0.391 e. The summed E-state index contributed by atoms with van der Waals surface area (Å²) in [5.74, 6) is 0.149. The average molecular weight is 309 g/mol. The Balaban J connectivity index is 2.46. The Bertz CT molecular complexity index is 503. The third kappa shape index (κ3) is 5.33. The average Bonchev–Trinajstić information content (AvgIpc) is 2.52. The van der Waals surface area contributed by atoms with Crippen LogP contribution in [0.3, 0.4) is 0 Å². The van der Waals surface area contributed by atoms with Gasteiger partial charge in [-0.1, -0.05) is 44.9 Å². The molecule has 1 aromatic carbocycles. The Morgan fingerprint density at radius 3 is 2.50 bits per heavy atom. The molecule has 0 aliphatic rings. The SMILES string of the molecule is CCC(CC)C(O)CNC(=O)NCc1ccccc1[N+](=O)[O-]. The van der Waals surface area contributed by atoms with Gasteiger partial charge in [0.2, 0.25) is 0 Å². The number of carbonyl (C=O) groups is 1. The van der Waals surface area contributed by atoms with Gasteiger partial charge in [0.15, 0.2) is 0 Å². The summed E-state index contributed by atoms with van der Waals surface area (Å²) in [7, 11) is 0. The van der Waals surface area contributed by atoms with Crippen LogP contribution in [0.15, 0.2) is 24.3 Å². The number of hydrogen-bond acceptors (Lipinski definition) is 4. The van der Waals surface area contributed by atoms with Gasteiger partial charge in [-0.2, -0.15) is 0 Å². The zero-order chi connectivity index (χ0) is 16.5. The number of nitro benzene ring substituents is 1. The van der Waals surface area contributed by atoms with Gasteiger partial charge in [0.1, 0.15) is 0 Å². The lowest BCUT2D eigenvalue weighted by Gasteiger charge is -2.20. The third-order valence-electron chi connectivity index (χ3n) is 3.69. The van der Waals surface area contributed by atoms with E-state index in [1.807, 2.05) is 13.8 Å². The van der Waals surface area contributed by atoms with Gasteiger partial charge >= 0.3 is 6.03 Å². The lowest BCUT2D eigenvalue weighted by Crippen LogP contribution is -2.41. The maximum absolute atomic E-state index is 11.7. The lowest BCUT2D eigenvalue weighted by atomic mass is 9.97. The molecule has 0 aromatic heterocycles. The summed E-state index contributed by atoms with van der Waals surface area (Å²) >= 11 is 0. The van der Waals surface area contributed by atoms with Gasteiger partial charge in [0.25, 0.3) is 5.69 Å². The fraction of sp³-hybridized carbons (Fsp3) is 0.533. The molecular weight excluding hydrogens is 286 g/mol. The number of amides is 2. The van der Waals surface area contributed by atoms with E-state index in [0.29, 0.717) is 5.56 Å². The van der Waals surface area contributed by atoms with Crippen LogP contribution in [0.5, 0.6) is 0 Å². The van der Waals surface area contributed by atoms with Crippen molar-refractivity contribution in [2.45, 2.75) is 39.3 Å². The summed E-state index contributed by atoms with van der Waals surface area (Å²) in [5.41, 5.74) is 0.406. The summed E-state index contributed by atoms with van der Waals surface area (Å²) in [6.07, 6.45) is 1.10. The first-order valence-electron chi connectivity index (χ1n) is 7.41. The van der Waals surface area contributed by atoms with E-state index in [1.165, 1.54) is 6.07 Å². The molecule has 2 amide bonds. The van der Waals surface area contributed by atoms with Crippen LogP contribution in [-0.4, -0.2) is 28.7 Å². The van der Waals surface area contributed by atoms with Crippen molar-refractivity contribution < 1.29 is 14.8 Å². The topological polar surface area (TPSA) is 104 Å². The van der Waals surface area contributed by atoms with E-state index in [9.17, 15) is 20.0 Å². The monoisotopic (exact) mass is 309 g/mol. The van der Waals surface area contributed by atoms with Gasteiger partial charge in [0, 0.05) is 18.2 Å². The quantitative estimate of drug-likeness (QED) is 0.505. The highest BCUT2D eigenvalue weighted by molar-refractivity contribution is 5.74. The maximum Gasteiger partial charge on any atom is 0.315 e. The standard InChI is InChI=1S/C15H23N3O4/c1-3-11(4-2)14(19)10-17-15(20)16-9-12-7-5-6-8-13(12)18(21)22/h5-8,11,14,19H,3-4,9-10H2,1-2H3,(H2,16,17,20). The van der Waals surface area contributed by atoms with Gasteiger partial charge in [0.05, 0.1) is 17.6 Å². The molecule has 7 heteroatoms. The van der Waals surface area contributed by atoms with Gasteiger partial charge < -0.3 is 15.7 Å². The molecule has 0 spiro atoms. The van der Waals surface area contributed by atoms with Crippen molar-refractivity contribution in [2.24, 2.45) is 5.92 Å². The summed E-state index contributed by atoms with van der Waals surface area (Å²) in [6.45, 7) is 4.21. The first-order valence-corrected chi connectivity index (χ1v) is 7.41. The molecule has 7 nitrogen and oxygen atoms in total. The highest BCUT2D eigenvalue weighted by Crippen LogP contribution is 2.17. The van der Waals surface area contributed by atoms with Crippen molar-refractivity contribution in [3.8, 4) is 0 Å². The summed E-state index contributed by atoms with van der Waals surface area (Å²) in [6, 6.07) is 5.79. The van der Waals surface area contributed by atoms with E-state index in [1.54, 1.807) is 18.2 Å². The molecule has 1 aromatic rings. The third-order valence-corrected chi connectivity index (χ3v) is 3.69. The van der Waals surface area contributed by atoms with E-state index in [4.69, 9.17) is 0 Å². The van der Waals surface area contributed by atoms with Crippen molar-refractivity contribution in [3.05, 3.63) is 39.9 Å². The Hall–Kier alpha value is -2.15. The predicted octanol–water partition coefficient (Wildman–Crippen LogP) is 2.19. The number of hydrogen-bond donors (Lipinski definition) is 3. The predicted molar refractivity (Wildman–Crippen MR) is 83.4 cm³/mol. The Labute approximate surface area is 129 Å². The van der Waals surface area contributed by atoms with Crippen LogP contribution in [0.25, 0.3) is 0 Å². The molecule has 0 aliphatic carbocycles. The molecule has 0 saturated heterocycles. The summed E-state index contributed by atoms with van der Waals surface area (Å²) < 4.78 is 0. The van der Waals surface area contributed by atoms with Crippen LogP contribution in [0, 0.1) is 16.0 Å². The molecule has 1 unspecified atom stereocenters. The molecule has 0 bridgehead atoms. The zero-order valence-electron chi connectivity index (χ0n) is 12.9. The van der Waals surface area contributed by atoms with Gasteiger partial charge in [-0.15, -0.1) is 0 Å². The number of benzene rings is 1. The number of rotatable bonds is 8. The second-order valence-electron chi connectivity index (χ2n) is 5.09. The van der Waals surface area contributed by atoms with Crippen molar-refractivity contribution >= 4 is 11.7 Å². The number of carbonyl (C=O) groups excluding carboxylic acids is 1. The zero-order valence-corrected chi connectivity index (χ0v) is 12.9. The lowest BCUT2D eigenvalue weighted by molar-refractivity contribution is -0.385. The van der Waals surface area contributed by atoms with E-state index in [2.05, 4.69) is 10.6 Å². The van der Waals surface area contributed by atoms with Crippen LogP contribution in [0.4, 0.5) is 10.5 Å². The summed E-state index contributed by atoms with van der Waals surface area (Å²) in [4.78, 5) is 22.1. The van der Waals surface area contributed by atoms with E-state index < -0.39 is 17.1 Å². The molecule has 0 radical (unpaired) electrons. The van der Waals surface area contributed by atoms with Crippen LogP contribution < -0.4 is 10.6 Å². The minimum atomic E-state index is -0.591.